The molecule has 182 valence electrons. The predicted molar refractivity (Wildman–Crippen MR) is 134 cm³/mol. The van der Waals surface area contributed by atoms with Gasteiger partial charge in [-0.3, -0.25) is 9.59 Å². The molecule has 2 fully saturated rings. The molecule has 2 amide bonds. The molecule has 6 heterocycles. The van der Waals surface area contributed by atoms with Gasteiger partial charge in [-0.15, -0.1) is 0 Å². The van der Waals surface area contributed by atoms with Crippen LogP contribution in [0.5, 0.6) is 11.6 Å². The first-order valence-electron chi connectivity index (χ1n) is 12.4. The van der Waals surface area contributed by atoms with Crippen LogP contribution >= 0.6 is 0 Å². The Morgan fingerprint density at radius 3 is 2.81 bits per heavy atom. The zero-order valence-electron chi connectivity index (χ0n) is 19.9. The van der Waals surface area contributed by atoms with E-state index in [1.165, 1.54) is 0 Å². The van der Waals surface area contributed by atoms with Crippen LogP contribution in [0.25, 0.3) is 11.1 Å². The molecule has 36 heavy (non-hydrogen) atoms. The van der Waals surface area contributed by atoms with Crippen molar-refractivity contribution in [1.82, 2.24) is 9.97 Å². The van der Waals surface area contributed by atoms with Crippen LogP contribution in [0, 0.1) is 0 Å². The molecule has 2 saturated heterocycles. The standard InChI is InChI=1S/C27H25N5O4/c1-15-20-11-24(30-16-9-22-27(29-12-16)35-14-18-5-7-26(34)32(18)22)28-13-21(20)19-6-4-17(10-23(19)36-15)31-8-2-3-25(31)33/h4,6,9-13,15,18H,2-3,5,7-8,14H2,1H3,(H,28,30)/t15-,18-/m0/s1. The van der Waals surface area contributed by atoms with Crippen LogP contribution in [-0.2, 0) is 9.59 Å². The van der Waals surface area contributed by atoms with E-state index in [1.54, 1.807) is 6.20 Å². The summed E-state index contributed by atoms with van der Waals surface area (Å²) in [6.45, 7) is 3.24. The number of hydrogen-bond acceptors (Lipinski definition) is 7. The number of nitrogens with zero attached hydrogens (tertiary/aromatic N) is 4. The maximum Gasteiger partial charge on any atom is 0.238 e. The Balaban J connectivity index is 1.18. The van der Waals surface area contributed by atoms with Gasteiger partial charge in [0, 0.05) is 54.0 Å². The van der Waals surface area contributed by atoms with Crippen molar-refractivity contribution in [2.75, 3.05) is 28.3 Å². The van der Waals surface area contributed by atoms with Crippen molar-refractivity contribution in [3.05, 3.63) is 48.3 Å². The third-order valence-electron chi connectivity index (χ3n) is 7.42. The van der Waals surface area contributed by atoms with Gasteiger partial charge in [0.2, 0.25) is 17.7 Å². The van der Waals surface area contributed by atoms with Crippen molar-refractivity contribution in [2.24, 2.45) is 0 Å². The molecule has 4 aliphatic rings. The third kappa shape index (κ3) is 3.30. The van der Waals surface area contributed by atoms with Crippen molar-refractivity contribution < 1.29 is 19.1 Å². The lowest BCUT2D eigenvalue weighted by molar-refractivity contribution is -0.118. The zero-order valence-corrected chi connectivity index (χ0v) is 19.9. The van der Waals surface area contributed by atoms with Crippen LogP contribution in [-0.4, -0.2) is 41.0 Å². The van der Waals surface area contributed by atoms with Gasteiger partial charge in [-0.05, 0) is 44.0 Å². The normalized spacial score (nSPS) is 21.8. The quantitative estimate of drug-likeness (QED) is 0.591. The Morgan fingerprint density at radius 1 is 1.03 bits per heavy atom. The maximum atomic E-state index is 12.4. The molecule has 0 saturated carbocycles. The molecule has 2 atom stereocenters. The van der Waals surface area contributed by atoms with E-state index in [4.69, 9.17) is 9.47 Å². The Hall–Kier alpha value is -4.14. The summed E-state index contributed by atoms with van der Waals surface area (Å²) in [6.07, 6.45) is 6.18. The molecule has 3 aromatic rings. The second-order valence-electron chi connectivity index (χ2n) is 9.69. The monoisotopic (exact) mass is 483 g/mol. The fourth-order valence-corrected chi connectivity index (χ4v) is 5.62. The molecule has 1 N–H and O–H groups in total. The van der Waals surface area contributed by atoms with Crippen molar-refractivity contribution in [3.63, 3.8) is 0 Å². The number of rotatable bonds is 3. The fraction of sp³-hybridized carbons (Fsp3) is 0.333. The minimum Gasteiger partial charge on any atom is -0.485 e. The van der Waals surface area contributed by atoms with Crippen molar-refractivity contribution in [3.8, 4) is 22.8 Å². The summed E-state index contributed by atoms with van der Waals surface area (Å²) in [7, 11) is 0. The van der Waals surface area contributed by atoms with E-state index in [2.05, 4.69) is 15.3 Å². The topological polar surface area (TPSA) is 96.9 Å². The number of hydrogen-bond donors (Lipinski definition) is 1. The number of carbonyl (C=O) groups excluding carboxylic acids is 2. The summed E-state index contributed by atoms with van der Waals surface area (Å²) in [6, 6.07) is 9.90. The average Bonchev–Trinajstić information content (AvgIpc) is 3.49. The Labute approximate surface area is 208 Å². The zero-order chi connectivity index (χ0) is 24.4. The third-order valence-corrected chi connectivity index (χ3v) is 7.42. The highest BCUT2D eigenvalue weighted by atomic mass is 16.5. The summed E-state index contributed by atoms with van der Waals surface area (Å²) in [4.78, 5) is 37.3. The largest absolute Gasteiger partial charge is 0.485 e. The molecule has 0 radical (unpaired) electrons. The van der Waals surface area contributed by atoms with Gasteiger partial charge in [-0.1, -0.05) is 0 Å². The number of pyridine rings is 2. The second-order valence-corrected chi connectivity index (χ2v) is 9.69. The number of benzene rings is 1. The van der Waals surface area contributed by atoms with Gasteiger partial charge >= 0.3 is 0 Å². The highest BCUT2D eigenvalue weighted by Gasteiger charge is 2.38. The molecular formula is C27H25N5O4. The van der Waals surface area contributed by atoms with Crippen LogP contribution in [0.2, 0.25) is 0 Å². The number of carbonyl (C=O) groups is 2. The highest BCUT2D eigenvalue weighted by molar-refractivity contribution is 5.98. The molecule has 9 nitrogen and oxygen atoms in total. The van der Waals surface area contributed by atoms with Gasteiger partial charge in [0.25, 0.3) is 0 Å². The number of nitrogens with one attached hydrogen (secondary N) is 1. The Kier molecular flexibility index (Phi) is 4.67. The Morgan fingerprint density at radius 2 is 1.94 bits per heavy atom. The van der Waals surface area contributed by atoms with E-state index in [0.29, 0.717) is 36.8 Å². The predicted octanol–water partition coefficient (Wildman–Crippen LogP) is 4.36. The van der Waals surface area contributed by atoms with Gasteiger partial charge in [0.1, 0.15) is 30.0 Å². The van der Waals surface area contributed by atoms with Crippen LogP contribution in [0.15, 0.2) is 42.7 Å². The summed E-state index contributed by atoms with van der Waals surface area (Å²) < 4.78 is 12.0. The summed E-state index contributed by atoms with van der Waals surface area (Å²) in [5.74, 6) is 2.17. The smallest absolute Gasteiger partial charge is 0.238 e. The fourth-order valence-electron chi connectivity index (χ4n) is 5.62. The van der Waals surface area contributed by atoms with Gasteiger partial charge in [0.15, 0.2) is 0 Å². The molecule has 1 aromatic carbocycles. The van der Waals surface area contributed by atoms with Crippen LogP contribution in [0.1, 0.15) is 44.3 Å². The number of amides is 2. The molecular weight excluding hydrogens is 458 g/mol. The first kappa shape index (κ1) is 21.2. The lowest BCUT2D eigenvalue weighted by Gasteiger charge is -2.31. The summed E-state index contributed by atoms with van der Waals surface area (Å²) in [5.41, 5.74) is 5.30. The van der Waals surface area contributed by atoms with E-state index >= 15 is 0 Å². The average molecular weight is 484 g/mol. The molecule has 0 aliphatic carbocycles. The molecule has 2 aromatic heterocycles. The minimum absolute atomic E-state index is 0.0751. The van der Waals surface area contributed by atoms with Gasteiger partial charge in [-0.25, -0.2) is 9.97 Å². The van der Waals surface area contributed by atoms with Crippen molar-refractivity contribution >= 4 is 34.7 Å². The van der Waals surface area contributed by atoms with Crippen molar-refractivity contribution in [1.29, 1.82) is 0 Å². The molecule has 0 spiro atoms. The molecule has 4 aliphatic heterocycles. The van der Waals surface area contributed by atoms with Crippen LogP contribution in [0.3, 0.4) is 0 Å². The maximum absolute atomic E-state index is 12.4. The van der Waals surface area contributed by atoms with E-state index in [0.717, 1.165) is 53.2 Å². The van der Waals surface area contributed by atoms with Gasteiger partial charge in [-0.2, -0.15) is 0 Å². The van der Waals surface area contributed by atoms with E-state index in [-0.39, 0.29) is 24.0 Å². The summed E-state index contributed by atoms with van der Waals surface area (Å²) >= 11 is 0. The van der Waals surface area contributed by atoms with Crippen molar-refractivity contribution in [2.45, 2.75) is 44.8 Å². The number of ether oxygens (including phenoxy) is 2. The van der Waals surface area contributed by atoms with E-state index in [1.807, 2.05) is 53.3 Å². The first-order chi connectivity index (χ1) is 17.5. The second kappa shape index (κ2) is 7.94. The highest BCUT2D eigenvalue weighted by Crippen LogP contribution is 2.45. The molecule has 0 bridgehead atoms. The molecule has 7 rings (SSSR count). The van der Waals surface area contributed by atoms with Gasteiger partial charge < -0.3 is 24.6 Å². The Bertz CT molecular complexity index is 1420. The number of anilines is 4. The SMILES string of the molecule is C[C@@H]1Oc2cc(N3CCCC3=O)ccc2-c2cnc(Nc3cnc4c(c3)N3C(=O)CC[C@H]3CO4)cc21. The number of aromatic nitrogens is 2. The molecule has 9 heteroatoms. The first-order valence-corrected chi connectivity index (χ1v) is 12.4. The van der Waals surface area contributed by atoms with E-state index < -0.39 is 0 Å². The van der Waals surface area contributed by atoms with Crippen LogP contribution < -0.4 is 24.6 Å². The number of fused-ring (bicyclic) bond motifs is 6. The van der Waals surface area contributed by atoms with Gasteiger partial charge in [0.05, 0.1) is 17.9 Å². The lowest BCUT2D eigenvalue weighted by Crippen LogP contribution is -2.40. The summed E-state index contributed by atoms with van der Waals surface area (Å²) in [5, 5.41) is 3.33. The minimum atomic E-state index is -0.182. The van der Waals surface area contributed by atoms with E-state index in [9.17, 15) is 9.59 Å². The molecule has 0 unspecified atom stereocenters. The lowest BCUT2D eigenvalue weighted by atomic mass is 9.94. The van der Waals surface area contributed by atoms with Crippen LogP contribution in [0.4, 0.5) is 22.9 Å².